The van der Waals surface area contributed by atoms with Crippen molar-refractivity contribution in [3.8, 4) is 5.69 Å². The molecule has 0 aliphatic rings. The molecule has 2 aromatic rings. The zero-order valence-electron chi connectivity index (χ0n) is 10.4. The second-order valence-electron chi connectivity index (χ2n) is 4.05. The van der Waals surface area contributed by atoms with E-state index in [-0.39, 0.29) is 5.69 Å². The van der Waals surface area contributed by atoms with Crippen molar-refractivity contribution in [3.63, 3.8) is 0 Å². The maximum atomic E-state index is 11.8. The van der Waals surface area contributed by atoms with Crippen LogP contribution in [0, 0.1) is 0 Å². The van der Waals surface area contributed by atoms with Crippen molar-refractivity contribution in [1.29, 1.82) is 0 Å². The van der Waals surface area contributed by atoms with Crippen LogP contribution >= 0.6 is 0 Å². The topological polar surface area (TPSA) is 104 Å². The van der Waals surface area contributed by atoms with Gasteiger partial charge in [-0.1, -0.05) is 18.2 Å². The smallest absolute Gasteiger partial charge is 0.328 e. The Labute approximate surface area is 114 Å². The second-order valence-corrected chi connectivity index (χ2v) is 4.05. The molecule has 2 rings (SSSR count). The lowest BCUT2D eigenvalue weighted by Gasteiger charge is -2.09. The highest BCUT2D eigenvalue weighted by Gasteiger charge is 2.20. The number of aliphatic hydroxyl groups is 1. The van der Waals surface area contributed by atoms with Gasteiger partial charge in [0.1, 0.15) is 12.0 Å². The van der Waals surface area contributed by atoms with Crippen LogP contribution in [0.5, 0.6) is 0 Å². The van der Waals surface area contributed by atoms with Crippen LogP contribution in [0.1, 0.15) is 10.5 Å². The molecule has 0 fully saturated rings. The molecule has 7 nitrogen and oxygen atoms in total. The van der Waals surface area contributed by atoms with Crippen molar-refractivity contribution < 1.29 is 19.8 Å². The molecule has 1 unspecified atom stereocenters. The van der Waals surface area contributed by atoms with E-state index in [2.05, 4.69) is 10.3 Å². The van der Waals surface area contributed by atoms with Gasteiger partial charge >= 0.3 is 5.97 Å². The summed E-state index contributed by atoms with van der Waals surface area (Å²) < 4.78 is 1.64. The van der Waals surface area contributed by atoms with E-state index in [9.17, 15) is 9.59 Å². The standard InChI is InChI=1S/C13H13N3O4/c17-7-11(13(19)20)15-12(18)10-6-16(8-14-10)9-4-2-1-3-5-9/h1-6,8,11,17H,7H2,(H,15,18)(H,19,20). The van der Waals surface area contributed by atoms with Crippen molar-refractivity contribution in [3.05, 3.63) is 48.5 Å². The number of imidazole rings is 1. The number of aliphatic carboxylic acids is 1. The van der Waals surface area contributed by atoms with Crippen LogP contribution < -0.4 is 5.32 Å². The van der Waals surface area contributed by atoms with Crippen LogP contribution in [0.25, 0.3) is 5.69 Å². The molecule has 7 heteroatoms. The number of carbonyl (C=O) groups is 2. The summed E-state index contributed by atoms with van der Waals surface area (Å²) >= 11 is 0. The quantitative estimate of drug-likeness (QED) is 0.715. The van der Waals surface area contributed by atoms with Crippen molar-refractivity contribution in [2.45, 2.75) is 6.04 Å². The fourth-order valence-corrected chi connectivity index (χ4v) is 1.60. The first-order chi connectivity index (χ1) is 9.61. The summed E-state index contributed by atoms with van der Waals surface area (Å²) in [6, 6.07) is 7.91. The molecule has 1 atom stereocenters. The van der Waals surface area contributed by atoms with Crippen LogP contribution in [0.3, 0.4) is 0 Å². The molecule has 104 valence electrons. The summed E-state index contributed by atoms with van der Waals surface area (Å²) in [4.78, 5) is 26.4. The Hall–Kier alpha value is -2.67. The molecule has 0 bridgehead atoms. The van der Waals surface area contributed by atoms with Crippen LogP contribution in [-0.2, 0) is 4.79 Å². The van der Waals surface area contributed by atoms with Crippen LogP contribution in [0.4, 0.5) is 0 Å². The lowest BCUT2D eigenvalue weighted by Crippen LogP contribution is -2.43. The van der Waals surface area contributed by atoms with E-state index in [4.69, 9.17) is 10.2 Å². The predicted octanol–water partition coefficient (Wildman–Crippen LogP) is 0.0476. The van der Waals surface area contributed by atoms with Gasteiger partial charge in [-0.2, -0.15) is 0 Å². The van der Waals surface area contributed by atoms with E-state index in [0.717, 1.165) is 5.69 Å². The predicted molar refractivity (Wildman–Crippen MR) is 69.5 cm³/mol. The van der Waals surface area contributed by atoms with E-state index in [0.29, 0.717) is 0 Å². The minimum absolute atomic E-state index is 0.0774. The molecule has 3 N–H and O–H groups in total. The minimum Gasteiger partial charge on any atom is -0.480 e. The Morgan fingerprint density at radius 3 is 2.60 bits per heavy atom. The van der Waals surface area contributed by atoms with Crippen molar-refractivity contribution in [2.24, 2.45) is 0 Å². The van der Waals surface area contributed by atoms with Crippen molar-refractivity contribution >= 4 is 11.9 Å². The van der Waals surface area contributed by atoms with Gasteiger partial charge in [0.25, 0.3) is 5.91 Å². The number of benzene rings is 1. The average molecular weight is 275 g/mol. The molecule has 0 saturated heterocycles. The first-order valence-corrected chi connectivity index (χ1v) is 5.85. The number of hydrogen-bond acceptors (Lipinski definition) is 4. The van der Waals surface area contributed by atoms with Gasteiger partial charge in [0.2, 0.25) is 0 Å². The van der Waals surface area contributed by atoms with Gasteiger partial charge in [-0.3, -0.25) is 4.79 Å². The van der Waals surface area contributed by atoms with E-state index in [1.165, 1.54) is 12.5 Å². The summed E-state index contributed by atoms with van der Waals surface area (Å²) in [6.07, 6.45) is 2.94. The van der Waals surface area contributed by atoms with Crippen LogP contribution in [0.2, 0.25) is 0 Å². The number of aliphatic hydroxyl groups excluding tert-OH is 1. The minimum atomic E-state index is -1.34. The molecule has 1 amide bonds. The Balaban J connectivity index is 2.13. The van der Waals surface area contributed by atoms with Crippen LogP contribution in [0.15, 0.2) is 42.9 Å². The normalized spacial score (nSPS) is 11.8. The molecule has 1 aromatic heterocycles. The van der Waals surface area contributed by atoms with Gasteiger partial charge in [0.05, 0.1) is 6.61 Å². The Bertz CT molecular complexity index is 609. The molecular weight excluding hydrogens is 262 g/mol. The van der Waals surface area contributed by atoms with Gasteiger partial charge in [-0.05, 0) is 12.1 Å². The fraction of sp³-hybridized carbons (Fsp3) is 0.154. The average Bonchev–Trinajstić information content (AvgIpc) is 2.95. The number of amides is 1. The molecule has 0 spiro atoms. The Morgan fingerprint density at radius 2 is 2.00 bits per heavy atom. The summed E-state index contributed by atoms with van der Waals surface area (Å²) in [5.74, 6) is -1.95. The van der Waals surface area contributed by atoms with E-state index in [1.54, 1.807) is 4.57 Å². The number of carbonyl (C=O) groups excluding carboxylic acids is 1. The molecule has 0 saturated carbocycles. The van der Waals surface area contributed by atoms with Crippen molar-refractivity contribution in [2.75, 3.05) is 6.61 Å². The highest BCUT2D eigenvalue weighted by Crippen LogP contribution is 2.08. The van der Waals surface area contributed by atoms with E-state index < -0.39 is 24.5 Å². The first-order valence-electron chi connectivity index (χ1n) is 5.85. The maximum absolute atomic E-state index is 11.8. The molecule has 1 aromatic carbocycles. The van der Waals surface area contributed by atoms with E-state index in [1.807, 2.05) is 30.3 Å². The number of aromatic nitrogens is 2. The lowest BCUT2D eigenvalue weighted by molar-refractivity contribution is -0.140. The third kappa shape index (κ3) is 3.01. The number of para-hydroxylation sites is 1. The van der Waals surface area contributed by atoms with E-state index >= 15 is 0 Å². The summed E-state index contributed by atoms with van der Waals surface area (Å²) in [5.41, 5.74) is 0.907. The third-order valence-corrected chi connectivity index (χ3v) is 2.66. The number of hydrogen-bond donors (Lipinski definition) is 3. The molecular formula is C13H13N3O4. The number of carboxylic acid groups (broad SMARTS) is 1. The maximum Gasteiger partial charge on any atom is 0.328 e. The number of nitrogens with zero attached hydrogens (tertiary/aromatic N) is 2. The monoisotopic (exact) mass is 275 g/mol. The molecule has 1 heterocycles. The lowest BCUT2D eigenvalue weighted by atomic mass is 10.3. The molecule has 0 radical (unpaired) electrons. The first kappa shape index (κ1) is 13.8. The highest BCUT2D eigenvalue weighted by atomic mass is 16.4. The largest absolute Gasteiger partial charge is 0.480 e. The third-order valence-electron chi connectivity index (χ3n) is 2.66. The number of nitrogens with one attached hydrogen (secondary N) is 1. The zero-order chi connectivity index (χ0) is 14.5. The fourth-order valence-electron chi connectivity index (χ4n) is 1.60. The number of carboxylic acids is 1. The summed E-state index contributed by atoms with van der Waals surface area (Å²) in [6.45, 7) is -0.680. The van der Waals surface area contributed by atoms with Gasteiger partial charge < -0.3 is 20.1 Å². The highest BCUT2D eigenvalue weighted by molar-refractivity contribution is 5.94. The van der Waals surface area contributed by atoms with Gasteiger partial charge in [-0.25, -0.2) is 9.78 Å². The van der Waals surface area contributed by atoms with Crippen LogP contribution in [-0.4, -0.2) is 44.3 Å². The summed E-state index contributed by atoms with van der Waals surface area (Å²) in [5, 5.41) is 19.8. The Morgan fingerprint density at radius 1 is 1.30 bits per heavy atom. The second kappa shape index (κ2) is 5.98. The van der Waals surface area contributed by atoms with Gasteiger partial charge in [0.15, 0.2) is 6.04 Å². The molecule has 20 heavy (non-hydrogen) atoms. The number of rotatable bonds is 5. The van der Waals surface area contributed by atoms with Crippen molar-refractivity contribution in [1.82, 2.24) is 14.9 Å². The SMILES string of the molecule is O=C(NC(CO)C(=O)O)c1cn(-c2ccccc2)cn1. The van der Waals surface area contributed by atoms with Gasteiger partial charge in [-0.15, -0.1) is 0 Å². The summed E-state index contributed by atoms with van der Waals surface area (Å²) in [7, 11) is 0. The molecule has 0 aliphatic heterocycles. The van der Waals surface area contributed by atoms with Gasteiger partial charge in [0, 0.05) is 11.9 Å². The zero-order valence-corrected chi connectivity index (χ0v) is 10.4. The molecule has 0 aliphatic carbocycles. The Kier molecular flexibility index (Phi) is 4.11.